The summed E-state index contributed by atoms with van der Waals surface area (Å²) in [5, 5.41) is 10.2. The number of alkyl halides is 3. The molecule has 0 aliphatic carbocycles. The largest absolute Gasteiger partial charge is 0.490 e. The maximum atomic E-state index is 13.2. The Balaban J connectivity index is 0.000000708. The number of hydrogen-bond donors (Lipinski definition) is 2. The number of amidine groups is 1. The van der Waals surface area contributed by atoms with Crippen molar-refractivity contribution in [2.75, 3.05) is 40.3 Å². The molecule has 0 bridgehead atoms. The van der Waals surface area contributed by atoms with Gasteiger partial charge in [0.1, 0.15) is 16.5 Å². The van der Waals surface area contributed by atoms with Gasteiger partial charge >= 0.3 is 12.1 Å². The van der Waals surface area contributed by atoms with Crippen LogP contribution in [0.25, 0.3) is 0 Å². The third kappa shape index (κ3) is 9.75. The van der Waals surface area contributed by atoms with Crippen molar-refractivity contribution in [1.29, 1.82) is 0 Å². The molecule has 1 heterocycles. The highest BCUT2D eigenvalue weighted by Gasteiger charge is 2.38. The molecule has 9 nitrogen and oxygen atoms in total. The van der Waals surface area contributed by atoms with Gasteiger partial charge < -0.3 is 15.3 Å². The summed E-state index contributed by atoms with van der Waals surface area (Å²) < 4.78 is 71.4. The number of carboxylic acid groups (broad SMARTS) is 1. The lowest BCUT2D eigenvalue weighted by molar-refractivity contribution is -0.192. The van der Waals surface area contributed by atoms with Crippen molar-refractivity contribution in [3.8, 4) is 0 Å². The summed E-state index contributed by atoms with van der Waals surface area (Å²) in [6.45, 7) is 2.38. The Morgan fingerprint density at radius 3 is 2.25 bits per heavy atom. The molecule has 1 amide bonds. The maximum Gasteiger partial charge on any atom is 0.490 e. The molecular weight excluding hydrogens is 580 g/mol. The number of carboxylic acids is 1. The van der Waals surface area contributed by atoms with Crippen LogP contribution in [0.4, 0.5) is 17.6 Å². The van der Waals surface area contributed by atoms with Crippen molar-refractivity contribution < 1.29 is 40.7 Å². The fourth-order valence-corrected chi connectivity index (χ4v) is 5.17. The van der Waals surface area contributed by atoms with Gasteiger partial charge in [0, 0.05) is 45.7 Å². The molecule has 3 rings (SSSR count). The van der Waals surface area contributed by atoms with Crippen LogP contribution in [-0.2, 0) is 26.0 Å². The number of carbonyl (C=O) groups excluding carboxylic acids is 1. The van der Waals surface area contributed by atoms with Crippen molar-refractivity contribution >= 4 is 39.3 Å². The Hall–Kier alpha value is -3.23. The van der Waals surface area contributed by atoms with Crippen LogP contribution < -0.4 is 5.32 Å². The van der Waals surface area contributed by atoms with Crippen LogP contribution in [0.5, 0.6) is 0 Å². The topological polar surface area (TPSA) is 119 Å². The Morgan fingerprint density at radius 1 is 1.10 bits per heavy atom. The molecule has 15 heteroatoms. The summed E-state index contributed by atoms with van der Waals surface area (Å²) in [6.07, 6.45) is -3.78. The Morgan fingerprint density at radius 2 is 1.73 bits per heavy atom. The van der Waals surface area contributed by atoms with E-state index in [9.17, 15) is 30.8 Å². The highest BCUT2D eigenvalue weighted by molar-refractivity contribution is 7.89. The molecule has 0 saturated heterocycles. The standard InChI is InChI=1S/C23H28ClFN4O3S.C2HF3O2/c1-28(15-11-17-5-7-18(8-6-17)23-26-12-13-27-23)22(30)4-3-14-29(2)33(31,32)21-10-9-19(25)16-20(21)24;3-2(4,5)1(6)7/h5-10,16H,3-4,11-15H2,1-2H3,(H,26,27);(H,6,7). The molecule has 0 fully saturated rings. The average Bonchev–Trinajstić information content (AvgIpc) is 3.42. The summed E-state index contributed by atoms with van der Waals surface area (Å²) in [4.78, 5) is 27.3. The van der Waals surface area contributed by atoms with Gasteiger partial charge in [0.05, 0.1) is 11.6 Å². The molecule has 2 N–H and O–H groups in total. The molecule has 1 aliphatic heterocycles. The first-order chi connectivity index (χ1) is 18.6. The normalized spacial score (nSPS) is 13.2. The maximum absolute atomic E-state index is 13.2. The van der Waals surface area contributed by atoms with E-state index in [-0.39, 0.29) is 28.8 Å². The second kappa shape index (κ2) is 14.4. The van der Waals surface area contributed by atoms with E-state index in [1.165, 1.54) is 7.05 Å². The monoisotopic (exact) mass is 608 g/mol. The third-order valence-electron chi connectivity index (χ3n) is 5.75. The molecule has 0 saturated carbocycles. The van der Waals surface area contributed by atoms with E-state index >= 15 is 0 Å². The quantitative estimate of drug-likeness (QED) is 0.398. The van der Waals surface area contributed by atoms with Gasteiger partial charge in [-0.05, 0) is 36.6 Å². The second-order valence-corrected chi connectivity index (χ2v) is 11.1. The molecule has 220 valence electrons. The molecule has 2 aromatic carbocycles. The molecular formula is C25H29ClF4N4O5S. The second-order valence-electron chi connectivity index (χ2n) is 8.73. The van der Waals surface area contributed by atoms with Gasteiger partial charge in [-0.2, -0.15) is 13.2 Å². The number of hydrogen-bond acceptors (Lipinski definition) is 6. The summed E-state index contributed by atoms with van der Waals surface area (Å²) in [6, 6.07) is 11.3. The zero-order valence-electron chi connectivity index (χ0n) is 21.7. The van der Waals surface area contributed by atoms with Crippen LogP contribution in [0, 0.1) is 5.82 Å². The van der Waals surface area contributed by atoms with E-state index in [4.69, 9.17) is 21.5 Å². The van der Waals surface area contributed by atoms with Gasteiger partial charge in [0.15, 0.2) is 0 Å². The Labute approximate surface area is 234 Å². The minimum Gasteiger partial charge on any atom is -0.475 e. The van der Waals surface area contributed by atoms with Gasteiger partial charge in [-0.25, -0.2) is 21.9 Å². The minimum absolute atomic E-state index is 0.0539. The van der Waals surface area contributed by atoms with E-state index in [2.05, 4.69) is 10.3 Å². The number of likely N-dealkylation sites (N-methyl/N-ethyl adjacent to an activating group) is 1. The SMILES string of the molecule is CN(CCc1ccc(C2=NCCN2)cc1)C(=O)CCCN(C)S(=O)(=O)c1ccc(F)cc1Cl.O=C(O)C(F)(F)F. The lowest BCUT2D eigenvalue weighted by atomic mass is 10.1. The van der Waals surface area contributed by atoms with Crippen molar-refractivity contribution in [2.45, 2.75) is 30.3 Å². The van der Waals surface area contributed by atoms with E-state index < -0.39 is 28.0 Å². The summed E-state index contributed by atoms with van der Waals surface area (Å²) >= 11 is 5.90. The zero-order valence-corrected chi connectivity index (χ0v) is 23.3. The number of sulfonamides is 1. The number of carbonyl (C=O) groups is 2. The number of amides is 1. The van der Waals surface area contributed by atoms with Gasteiger partial charge in [-0.3, -0.25) is 9.79 Å². The van der Waals surface area contributed by atoms with E-state index in [1.54, 1.807) is 11.9 Å². The molecule has 0 radical (unpaired) electrons. The lowest BCUT2D eigenvalue weighted by Crippen LogP contribution is -2.31. The van der Waals surface area contributed by atoms with Crippen LogP contribution in [0.2, 0.25) is 5.02 Å². The fraction of sp³-hybridized carbons (Fsp3) is 0.400. The van der Waals surface area contributed by atoms with Crippen molar-refractivity contribution in [2.24, 2.45) is 4.99 Å². The van der Waals surface area contributed by atoms with Gasteiger partial charge in [-0.1, -0.05) is 35.9 Å². The molecule has 1 aliphatic rings. The number of benzene rings is 2. The van der Waals surface area contributed by atoms with E-state index in [1.807, 2.05) is 24.3 Å². The number of nitrogens with one attached hydrogen (secondary N) is 1. The van der Waals surface area contributed by atoms with Crippen LogP contribution in [0.15, 0.2) is 52.4 Å². The van der Waals surface area contributed by atoms with Crippen LogP contribution in [0.3, 0.4) is 0 Å². The number of rotatable bonds is 10. The first kappa shape index (κ1) is 33.0. The predicted octanol–water partition coefficient (Wildman–Crippen LogP) is 3.56. The van der Waals surface area contributed by atoms with E-state index in [0.717, 1.165) is 59.0 Å². The molecule has 0 unspecified atom stereocenters. The van der Waals surface area contributed by atoms with Gasteiger partial charge in [-0.15, -0.1) is 0 Å². The Bertz CT molecular complexity index is 1320. The first-order valence-electron chi connectivity index (χ1n) is 12.0. The number of aliphatic imine (C=N–C) groups is 1. The van der Waals surface area contributed by atoms with Gasteiger partial charge in [0.25, 0.3) is 0 Å². The van der Waals surface area contributed by atoms with Crippen LogP contribution in [0.1, 0.15) is 24.0 Å². The highest BCUT2D eigenvalue weighted by Crippen LogP contribution is 2.25. The lowest BCUT2D eigenvalue weighted by Gasteiger charge is -2.20. The smallest absolute Gasteiger partial charge is 0.475 e. The molecule has 0 atom stereocenters. The van der Waals surface area contributed by atoms with Gasteiger partial charge in [0.2, 0.25) is 15.9 Å². The number of nitrogens with zero attached hydrogens (tertiary/aromatic N) is 3. The minimum atomic E-state index is -5.08. The average molecular weight is 609 g/mol. The van der Waals surface area contributed by atoms with Crippen LogP contribution >= 0.6 is 11.6 Å². The molecule has 40 heavy (non-hydrogen) atoms. The Kier molecular flexibility index (Phi) is 11.9. The highest BCUT2D eigenvalue weighted by atomic mass is 35.5. The first-order valence-corrected chi connectivity index (χ1v) is 13.8. The summed E-state index contributed by atoms with van der Waals surface area (Å²) in [7, 11) is -0.705. The third-order valence-corrected chi connectivity index (χ3v) is 8.09. The number of halogens is 5. The zero-order chi connectivity index (χ0) is 30.1. The van der Waals surface area contributed by atoms with Crippen molar-refractivity contribution in [1.82, 2.24) is 14.5 Å². The van der Waals surface area contributed by atoms with E-state index in [0.29, 0.717) is 13.0 Å². The summed E-state index contributed by atoms with van der Waals surface area (Å²) in [5.74, 6) is -2.50. The van der Waals surface area contributed by atoms with Crippen molar-refractivity contribution in [3.63, 3.8) is 0 Å². The van der Waals surface area contributed by atoms with Crippen LogP contribution in [-0.4, -0.2) is 86.9 Å². The number of aliphatic carboxylic acids is 1. The predicted molar refractivity (Wildman–Crippen MR) is 141 cm³/mol. The molecule has 0 aromatic heterocycles. The summed E-state index contributed by atoms with van der Waals surface area (Å²) in [5.41, 5.74) is 2.18. The fourth-order valence-electron chi connectivity index (χ4n) is 3.46. The van der Waals surface area contributed by atoms with Crippen molar-refractivity contribution in [3.05, 3.63) is 64.4 Å². The molecule has 2 aromatic rings. The molecule has 0 spiro atoms.